The Bertz CT molecular complexity index is 874. The van der Waals surface area contributed by atoms with Gasteiger partial charge in [0.2, 0.25) is 11.7 Å². The molecule has 0 aliphatic rings. The SMILES string of the molecule is COc1cccc(-c2noc(CCNC(=O)c3ccccc3C)n2)c1. The zero-order valence-corrected chi connectivity index (χ0v) is 14.2. The standard InChI is InChI=1S/C19H19N3O3/c1-13-6-3-4-9-16(13)19(23)20-11-10-17-21-18(22-25-17)14-7-5-8-15(12-14)24-2/h3-9,12H,10-11H2,1-2H3,(H,20,23). The summed E-state index contributed by atoms with van der Waals surface area (Å²) >= 11 is 0. The Balaban J connectivity index is 1.59. The summed E-state index contributed by atoms with van der Waals surface area (Å²) in [4.78, 5) is 16.5. The van der Waals surface area contributed by atoms with E-state index < -0.39 is 0 Å². The smallest absolute Gasteiger partial charge is 0.251 e. The Hall–Kier alpha value is -3.15. The molecule has 0 saturated heterocycles. The van der Waals surface area contributed by atoms with Gasteiger partial charge in [-0.15, -0.1) is 0 Å². The first-order chi connectivity index (χ1) is 12.2. The second kappa shape index (κ2) is 7.61. The molecule has 1 heterocycles. The molecule has 25 heavy (non-hydrogen) atoms. The molecule has 0 spiro atoms. The van der Waals surface area contributed by atoms with Crippen LogP contribution in [0.3, 0.4) is 0 Å². The van der Waals surface area contributed by atoms with Gasteiger partial charge >= 0.3 is 0 Å². The molecule has 1 amide bonds. The molecule has 0 bridgehead atoms. The van der Waals surface area contributed by atoms with Crippen molar-refractivity contribution < 1.29 is 14.1 Å². The lowest BCUT2D eigenvalue weighted by Crippen LogP contribution is -2.26. The van der Waals surface area contributed by atoms with E-state index in [9.17, 15) is 4.79 Å². The van der Waals surface area contributed by atoms with Crippen molar-refractivity contribution in [1.29, 1.82) is 0 Å². The number of amides is 1. The number of hydrogen-bond acceptors (Lipinski definition) is 5. The molecule has 6 heteroatoms. The van der Waals surface area contributed by atoms with Gasteiger partial charge in [-0.05, 0) is 30.7 Å². The van der Waals surface area contributed by atoms with E-state index in [0.29, 0.717) is 30.2 Å². The summed E-state index contributed by atoms with van der Waals surface area (Å²) in [6.45, 7) is 2.33. The van der Waals surface area contributed by atoms with E-state index in [1.54, 1.807) is 13.2 Å². The van der Waals surface area contributed by atoms with Gasteiger partial charge in [0.05, 0.1) is 7.11 Å². The average Bonchev–Trinajstić information content (AvgIpc) is 3.11. The Labute approximate surface area is 145 Å². The number of carbonyl (C=O) groups is 1. The molecular formula is C19H19N3O3. The van der Waals surface area contributed by atoms with Crippen LogP contribution in [-0.4, -0.2) is 29.7 Å². The number of carbonyl (C=O) groups excluding carboxylic acids is 1. The first-order valence-electron chi connectivity index (χ1n) is 7.98. The minimum absolute atomic E-state index is 0.106. The zero-order valence-electron chi connectivity index (χ0n) is 14.2. The molecule has 2 aromatic carbocycles. The van der Waals surface area contributed by atoms with Crippen LogP contribution in [-0.2, 0) is 6.42 Å². The minimum Gasteiger partial charge on any atom is -0.497 e. The topological polar surface area (TPSA) is 77.3 Å². The Kier molecular flexibility index (Phi) is 5.09. The summed E-state index contributed by atoms with van der Waals surface area (Å²) in [7, 11) is 1.61. The second-order valence-electron chi connectivity index (χ2n) is 5.56. The molecule has 1 aromatic heterocycles. The molecule has 0 atom stereocenters. The summed E-state index contributed by atoms with van der Waals surface area (Å²) < 4.78 is 10.4. The predicted molar refractivity (Wildman–Crippen MR) is 93.5 cm³/mol. The van der Waals surface area contributed by atoms with Crippen molar-refractivity contribution in [2.45, 2.75) is 13.3 Å². The molecule has 3 rings (SSSR count). The van der Waals surface area contributed by atoms with Crippen LogP contribution in [0.15, 0.2) is 53.1 Å². The number of benzene rings is 2. The van der Waals surface area contributed by atoms with Gasteiger partial charge in [-0.25, -0.2) is 0 Å². The minimum atomic E-state index is -0.106. The highest BCUT2D eigenvalue weighted by Crippen LogP contribution is 2.21. The van der Waals surface area contributed by atoms with E-state index in [2.05, 4.69) is 15.5 Å². The lowest BCUT2D eigenvalue weighted by atomic mass is 10.1. The number of hydrogen-bond donors (Lipinski definition) is 1. The van der Waals surface area contributed by atoms with Gasteiger partial charge in [0, 0.05) is 24.1 Å². The molecular weight excluding hydrogens is 318 g/mol. The van der Waals surface area contributed by atoms with Gasteiger partial charge in [-0.1, -0.05) is 35.5 Å². The first kappa shape index (κ1) is 16.7. The Morgan fingerprint density at radius 2 is 2.04 bits per heavy atom. The maximum absolute atomic E-state index is 12.2. The van der Waals surface area contributed by atoms with Gasteiger partial charge < -0.3 is 14.6 Å². The largest absolute Gasteiger partial charge is 0.497 e. The third-order valence-electron chi connectivity index (χ3n) is 3.81. The van der Waals surface area contributed by atoms with Gasteiger partial charge in [-0.2, -0.15) is 4.98 Å². The monoisotopic (exact) mass is 337 g/mol. The maximum Gasteiger partial charge on any atom is 0.251 e. The van der Waals surface area contributed by atoms with Crippen molar-refractivity contribution in [3.8, 4) is 17.1 Å². The highest BCUT2D eigenvalue weighted by atomic mass is 16.5. The van der Waals surface area contributed by atoms with Gasteiger partial charge in [-0.3, -0.25) is 4.79 Å². The van der Waals surface area contributed by atoms with Gasteiger partial charge in [0.25, 0.3) is 5.91 Å². The molecule has 1 N–H and O–H groups in total. The Morgan fingerprint density at radius 1 is 1.20 bits per heavy atom. The van der Waals surface area contributed by atoms with Crippen LogP contribution >= 0.6 is 0 Å². The summed E-state index contributed by atoms with van der Waals surface area (Å²) in [5, 5.41) is 6.85. The van der Waals surface area contributed by atoms with E-state index >= 15 is 0 Å². The zero-order chi connectivity index (χ0) is 17.6. The van der Waals surface area contributed by atoms with Crippen LogP contribution in [0.4, 0.5) is 0 Å². The summed E-state index contributed by atoms with van der Waals surface area (Å²) in [6.07, 6.45) is 0.467. The van der Waals surface area contributed by atoms with Crippen LogP contribution < -0.4 is 10.1 Å². The number of ether oxygens (including phenoxy) is 1. The fourth-order valence-corrected chi connectivity index (χ4v) is 2.44. The molecule has 0 radical (unpaired) electrons. The third kappa shape index (κ3) is 4.03. The number of aromatic nitrogens is 2. The molecule has 128 valence electrons. The normalized spacial score (nSPS) is 10.5. The van der Waals surface area contributed by atoms with Crippen molar-refractivity contribution in [2.75, 3.05) is 13.7 Å². The lowest BCUT2D eigenvalue weighted by molar-refractivity contribution is 0.0953. The lowest BCUT2D eigenvalue weighted by Gasteiger charge is -2.05. The quantitative estimate of drug-likeness (QED) is 0.748. The molecule has 0 unspecified atom stereocenters. The fourth-order valence-electron chi connectivity index (χ4n) is 2.44. The van der Waals surface area contributed by atoms with E-state index in [-0.39, 0.29) is 5.91 Å². The maximum atomic E-state index is 12.2. The second-order valence-corrected chi connectivity index (χ2v) is 5.56. The van der Waals surface area contributed by atoms with E-state index in [4.69, 9.17) is 9.26 Å². The average molecular weight is 337 g/mol. The first-order valence-corrected chi connectivity index (χ1v) is 7.98. The number of rotatable bonds is 6. The number of aryl methyl sites for hydroxylation is 1. The molecule has 0 aliphatic heterocycles. The number of nitrogens with one attached hydrogen (secondary N) is 1. The highest BCUT2D eigenvalue weighted by molar-refractivity contribution is 5.95. The van der Waals surface area contributed by atoms with Gasteiger partial charge in [0.15, 0.2) is 0 Å². The van der Waals surface area contributed by atoms with Crippen molar-refractivity contribution in [2.24, 2.45) is 0 Å². The molecule has 0 aliphatic carbocycles. The van der Waals surface area contributed by atoms with Crippen LogP contribution in [0.1, 0.15) is 21.8 Å². The van der Waals surface area contributed by atoms with Crippen molar-refractivity contribution in [3.05, 3.63) is 65.5 Å². The summed E-state index contributed by atoms with van der Waals surface area (Å²) in [5.74, 6) is 1.60. The van der Waals surface area contributed by atoms with Crippen LogP contribution in [0, 0.1) is 6.92 Å². The predicted octanol–water partition coefficient (Wildman–Crippen LogP) is 3.03. The van der Waals surface area contributed by atoms with Crippen LogP contribution in [0.5, 0.6) is 5.75 Å². The van der Waals surface area contributed by atoms with E-state index in [0.717, 1.165) is 16.9 Å². The number of nitrogens with zero attached hydrogens (tertiary/aromatic N) is 2. The van der Waals surface area contributed by atoms with E-state index in [1.165, 1.54) is 0 Å². The highest BCUT2D eigenvalue weighted by Gasteiger charge is 2.11. The third-order valence-corrected chi connectivity index (χ3v) is 3.81. The van der Waals surface area contributed by atoms with Crippen LogP contribution in [0.2, 0.25) is 0 Å². The summed E-state index contributed by atoms with van der Waals surface area (Å²) in [5.41, 5.74) is 2.43. The molecule has 3 aromatic rings. The summed E-state index contributed by atoms with van der Waals surface area (Å²) in [6, 6.07) is 14.9. The van der Waals surface area contributed by atoms with Crippen molar-refractivity contribution in [1.82, 2.24) is 15.5 Å². The van der Waals surface area contributed by atoms with Gasteiger partial charge in [0.1, 0.15) is 5.75 Å². The van der Waals surface area contributed by atoms with Crippen molar-refractivity contribution >= 4 is 5.91 Å². The molecule has 0 fully saturated rings. The van der Waals surface area contributed by atoms with Crippen molar-refractivity contribution in [3.63, 3.8) is 0 Å². The number of methoxy groups -OCH3 is 1. The fraction of sp³-hybridized carbons (Fsp3) is 0.211. The van der Waals surface area contributed by atoms with Crippen LogP contribution in [0.25, 0.3) is 11.4 Å². The molecule has 0 saturated carbocycles. The Morgan fingerprint density at radius 3 is 2.84 bits per heavy atom. The van der Waals surface area contributed by atoms with E-state index in [1.807, 2.05) is 49.4 Å². The molecule has 6 nitrogen and oxygen atoms in total.